The minimum Gasteiger partial charge on any atom is -0.486 e. The van der Waals surface area contributed by atoms with Gasteiger partial charge in [-0.2, -0.15) is 0 Å². The van der Waals surface area contributed by atoms with E-state index in [2.05, 4.69) is 29.5 Å². The number of rotatable bonds is 6. The van der Waals surface area contributed by atoms with E-state index >= 15 is 0 Å². The molecule has 0 saturated heterocycles. The third-order valence-corrected chi connectivity index (χ3v) is 4.84. The number of aromatic nitrogens is 3. The maximum Gasteiger partial charge on any atom is 0.273 e. The van der Waals surface area contributed by atoms with Crippen LogP contribution in [0.1, 0.15) is 41.5 Å². The molecule has 0 spiro atoms. The summed E-state index contributed by atoms with van der Waals surface area (Å²) >= 11 is 0. The predicted molar refractivity (Wildman–Crippen MR) is 108 cm³/mol. The lowest BCUT2D eigenvalue weighted by molar-refractivity contribution is 0.0920. The molecule has 2 heterocycles. The molecule has 1 N–H and O–H groups in total. The molecule has 0 saturated carbocycles. The molecule has 0 radical (unpaired) electrons. The average Bonchev–Trinajstić information content (AvgIpc) is 3.20. The lowest BCUT2D eigenvalue weighted by Gasteiger charge is -2.25. The maximum absolute atomic E-state index is 12.8. The molecule has 1 aliphatic rings. The second kappa shape index (κ2) is 8.34. The first-order valence-electron chi connectivity index (χ1n) is 9.74. The number of ether oxygens (including phenoxy) is 2. The van der Waals surface area contributed by atoms with Gasteiger partial charge in [-0.15, -0.1) is 5.10 Å². The Kier molecular flexibility index (Phi) is 5.46. The largest absolute Gasteiger partial charge is 0.486 e. The Labute approximate surface area is 169 Å². The second-order valence-corrected chi connectivity index (χ2v) is 7.39. The predicted octanol–water partition coefficient (Wildman–Crippen LogP) is 3.22. The first-order valence-corrected chi connectivity index (χ1v) is 9.74. The Balaban J connectivity index is 1.48. The van der Waals surface area contributed by atoms with Crippen molar-refractivity contribution in [2.75, 3.05) is 13.2 Å². The SMILES string of the molecule is CC(C)C(NC(=O)c1cn(Cc2ccccc2)nn1)c1ccc2c(c1)OCCO2. The zero-order valence-electron chi connectivity index (χ0n) is 16.5. The number of hydrogen-bond donors (Lipinski definition) is 1. The molecule has 29 heavy (non-hydrogen) atoms. The van der Waals surface area contributed by atoms with Gasteiger partial charge in [-0.1, -0.05) is 55.5 Å². The van der Waals surface area contributed by atoms with Gasteiger partial charge in [0.05, 0.1) is 18.8 Å². The molecule has 7 nitrogen and oxygen atoms in total. The van der Waals surface area contributed by atoms with Gasteiger partial charge in [0, 0.05) is 0 Å². The van der Waals surface area contributed by atoms with Crippen LogP contribution in [0.4, 0.5) is 0 Å². The minimum absolute atomic E-state index is 0.181. The smallest absolute Gasteiger partial charge is 0.273 e. The third kappa shape index (κ3) is 4.39. The van der Waals surface area contributed by atoms with Gasteiger partial charge in [0.2, 0.25) is 0 Å². The summed E-state index contributed by atoms with van der Waals surface area (Å²) in [5.74, 6) is 1.37. The quantitative estimate of drug-likeness (QED) is 0.697. The lowest BCUT2D eigenvalue weighted by Crippen LogP contribution is -2.32. The number of benzene rings is 2. The number of carbonyl (C=O) groups is 1. The monoisotopic (exact) mass is 392 g/mol. The van der Waals surface area contributed by atoms with Gasteiger partial charge in [0.15, 0.2) is 17.2 Å². The van der Waals surface area contributed by atoms with Gasteiger partial charge in [0.25, 0.3) is 5.91 Å². The molecule has 1 amide bonds. The summed E-state index contributed by atoms with van der Waals surface area (Å²) in [5.41, 5.74) is 2.36. The molecule has 0 aliphatic carbocycles. The second-order valence-electron chi connectivity index (χ2n) is 7.39. The molecular formula is C22H24N4O3. The zero-order chi connectivity index (χ0) is 20.2. The van der Waals surface area contributed by atoms with E-state index in [-0.39, 0.29) is 17.9 Å². The topological polar surface area (TPSA) is 78.3 Å². The average molecular weight is 392 g/mol. The molecule has 3 aromatic rings. The van der Waals surface area contributed by atoms with E-state index in [0.717, 1.165) is 16.9 Å². The van der Waals surface area contributed by atoms with Gasteiger partial charge >= 0.3 is 0 Å². The van der Waals surface area contributed by atoms with Crippen LogP contribution in [0.15, 0.2) is 54.7 Å². The summed E-state index contributed by atoms with van der Waals surface area (Å²) in [6.45, 7) is 5.77. The number of fused-ring (bicyclic) bond motifs is 1. The van der Waals surface area contributed by atoms with Gasteiger partial charge in [-0.25, -0.2) is 4.68 Å². The van der Waals surface area contributed by atoms with Crippen molar-refractivity contribution >= 4 is 5.91 Å². The summed E-state index contributed by atoms with van der Waals surface area (Å²) in [4.78, 5) is 12.8. The van der Waals surface area contributed by atoms with Gasteiger partial charge in [-0.05, 0) is 29.2 Å². The first kappa shape index (κ1) is 19.0. The Morgan fingerprint density at radius 3 is 2.62 bits per heavy atom. The summed E-state index contributed by atoms with van der Waals surface area (Å²) in [7, 11) is 0. The Morgan fingerprint density at radius 1 is 1.10 bits per heavy atom. The summed E-state index contributed by atoms with van der Waals surface area (Å²) < 4.78 is 12.9. The lowest BCUT2D eigenvalue weighted by atomic mass is 9.95. The van der Waals surface area contributed by atoms with Crippen molar-refractivity contribution in [3.05, 3.63) is 71.5 Å². The fourth-order valence-corrected chi connectivity index (χ4v) is 3.35. The molecule has 1 aliphatic heterocycles. The summed E-state index contributed by atoms with van der Waals surface area (Å²) in [6, 6.07) is 15.5. The highest BCUT2D eigenvalue weighted by Gasteiger charge is 2.23. The highest BCUT2D eigenvalue weighted by atomic mass is 16.6. The molecule has 0 bridgehead atoms. The molecule has 1 aromatic heterocycles. The van der Waals surface area contributed by atoms with E-state index in [9.17, 15) is 4.79 Å². The molecule has 2 aromatic carbocycles. The minimum atomic E-state index is -0.252. The fraction of sp³-hybridized carbons (Fsp3) is 0.318. The Morgan fingerprint density at radius 2 is 1.86 bits per heavy atom. The van der Waals surface area contributed by atoms with Crippen LogP contribution in [0.5, 0.6) is 11.5 Å². The van der Waals surface area contributed by atoms with Gasteiger partial charge in [-0.3, -0.25) is 4.79 Å². The Bertz CT molecular complexity index is 985. The highest BCUT2D eigenvalue weighted by Crippen LogP contribution is 2.34. The van der Waals surface area contributed by atoms with Crippen LogP contribution in [0.2, 0.25) is 0 Å². The standard InChI is InChI=1S/C22H24N4O3/c1-15(2)21(17-8-9-19-20(12-17)29-11-10-28-19)23-22(27)18-14-26(25-24-18)13-16-6-4-3-5-7-16/h3-9,12,14-15,21H,10-11,13H2,1-2H3,(H,23,27). The van der Waals surface area contributed by atoms with Crippen molar-refractivity contribution in [3.63, 3.8) is 0 Å². The van der Waals surface area contributed by atoms with Crippen molar-refractivity contribution in [3.8, 4) is 11.5 Å². The highest BCUT2D eigenvalue weighted by molar-refractivity contribution is 5.92. The molecule has 1 atom stereocenters. The van der Waals surface area contributed by atoms with Gasteiger partial charge in [0.1, 0.15) is 13.2 Å². The van der Waals surface area contributed by atoms with Crippen molar-refractivity contribution in [2.24, 2.45) is 5.92 Å². The van der Waals surface area contributed by atoms with Crippen molar-refractivity contribution in [1.29, 1.82) is 0 Å². The van der Waals surface area contributed by atoms with E-state index < -0.39 is 0 Å². The fourth-order valence-electron chi connectivity index (χ4n) is 3.35. The Hall–Kier alpha value is -3.35. The molecule has 4 rings (SSSR count). The van der Waals surface area contributed by atoms with E-state index in [4.69, 9.17) is 9.47 Å². The van der Waals surface area contributed by atoms with Gasteiger partial charge < -0.3 is 14.8 Å². The third-order valence-electron chi connectivity index (χ3n) is 4.84. The van der Waals surface area contributed by atoms with Crippen LogP contribution in [0.25, 0.3) is 0 Å². The molecule has 150 valence electrons. The molecule has 7 heteroatoms. The van der Waals surface area contributed by atoms with Crippen molar-refractivity contribution < 1.29 is 14.3 Å². The number of nitrogens with zero attached hydrogens (tertiary/aromatic N) is 3. The number of nitrogens with one attached hydrogen (secondary N) is 1. The van der Waals surface area contributed by atoms with Crippen LogP contribution < -0.4 is 14.8 Å². The molecule has 1 unspecified atom stereocenters. The number of amides is 1. The number of carbonyl (C=O) groups excluding carboxylic acids is 1. The molecule has 0 fully saturated rings. The van der Waals surface area contributed by atoms with Crippen LogP contribution in [-0.2, 0) is 6.54 Å². The van der Waals surface area contributed by atoms with Crippen LogP contribution in [-0.4, -0.2) is 34.1 Å². The maximum atomic E-state index is 12.8. The van der Waals surface area contributed by atoms with Crippen molar-refractivity contribution in [1.82, 2.24) is 20.3 Å². The van der Waals surface area contributed by atoms with Crippen LogP contribution in [0, 0.1) is 5.92 Å². The normalized spacial score (nSPS) is 13.9. The van der Waals surface area contributed by atoms with Crippen molar-refractivity contribution in [2.45, 2.75) is 26.4 Å². The van der Waals surface area contributed by atoms with Crippen LogP contribution >= 0.6 is 0 Å². The van der Waals surface area contributed by atoms with E-state index in [1.54, 1.807) is 10.9 Å². The molecular weight excluding hydrogens is 368 g/mol. The summed E-state index contributed by atoms with van der Waals surface area (Å²) in [5, 5.41) is 11.2. The van der Waals surface area contributed by atoms with E-state index in [1.807, 2.05) is 48.5 Å². The zero-order valence-corrected chi connectivity index (χ0v) is 16.5. The van der Waals surface area contributed by atoms with E-state index in [1.165, 1.54) is 0 Å². The van der Waals surface area contributed by atoms with E-state index in [0.29, 0.717) is 31.2 Å². The summed E-state index contributed by atoms with van der Waals surface area (Å²) in [6.07, 6.45) is 1.67. The first-order chi connectivity index (χ1) is 14.1. The number of hydrogen-bond acceptors (Lipinski definition) is 5. The van der Waals surface area contributed by atoms with Crippen LogP contribution in [0.3, 0.4) is 0 Å².